The molecule has 2 fully saturated rings. The van der Waals surface area contributed by atoms with Crippen LogP contribution in [0.3, 0.4) is 0 Å². The van der Waals surface area contributed by atoms with Gasteiger partial charge in [-0.25, -0.2) is 4.98 Å². The lowest BCUT2D eigenvalue weighted by Crippen LogP contribution is -2.47. The number of rotatable bonds is 4. The van der Waals surface area contributed by atoms with Gasteiger partial charge >= 0.3 is 0 Å². The molecule has 0 unspecified atom stereocenters. The number of likely N-dealkylation sites (N-methyl/N-ethyl adjacent to an activating group) is 1. The smallest absolute Gasteiger partial charge is 0.229 e. The van der Waals surface area contributed by atoms with Crippen molar-refractivity contribution in [2.75, 3.05) is 38.5 Å². The molecule has 1 saturated carbocycles. The van der Waals surface area contributed by atoms with Gasteiger partial charge in [0.2, 0.25) is 11.8 Å². The second-order valence-electron chi connectivity index (χ2n) is 5.77. The summed E-state index contributed by atoms with van der Waals surface area (Å²) in [7, 11) is 2.07. The fraction of sp³-hybridized carbons (Fsp3) is 0.643. The van der Waals surface area contributed by atoms with E-state index in [4.69, 9.17) is 0 Å². The van der Waals surface area contributed by atoms with Crippen LogP contribution < -0.4 is 5.32 Å². The lowest BCUT2D eigenvalue weighted by Gasteiger charge is -2.32. The zero-order valence-electron chi connectivity index (χ0n) is 12.2. The first-order valence-corrected chi connectivity index (χ1v) is 8.21. The van der Waals surface area contributed by atoms with Gasteiger partial charge in [0.15, 0.2) is 5.13 Å². The van der Waals surface area contributed by atoms with Gasteiger partial charge in [-0.1, -0.05) is 0 Å². The monoisotopic (exact) mass is 308 g/mol. The number of carbonyl (C=O) groups excluding carboxylic acids is 2. The van der Waals surface area contributed by atoms with Gasteiger partial charge in [-0.05, 0) is 19.9 Å². The van der Waals surface area contributed by atoms with Crippen LogP contribution in [0.5, 0.6) is 0 Å². The summed E-state index contributed by atoms with van der Waals surface area (Å²) in [6, 6.07) is 0. The normalized spacial score (nSPS) is 19.6. The highest BCUT2D eigenvalue weighted by Gasteiger charge is 2.30. The van der Waals surface area contributed by atoms with Gasteiger partial charge in [0, 0.05) is 37.5 Å². The van der Waals surface area contributed by atoms with Crippen LogP contribution >= 0.6 is 11.3 Å². The average molecular weight is 308 g/mol. The number of nitrogens with zero attached hydrogens (tertiary/aromatic N) is 3. The Kier molecular flexibility index (Phi) is 4.21. The standard InChI is InChI=1S/C14H20N4O2S/c1-17-4-6-18(7-5-17)12(19)8-11-9-21-14(15-11)16-13(20)10-2-3-10/h9-10H,2-8H2,1H3,(H,15,16,20). The van der Waals surface area contributed by atoms with Crippen LogP contribution in [0.1, 0.15) is 18.5 Å². The number of nitrogens with one attached hydrogen (secondary N) is 1. The molecule has 0 aromatic carbocycles. The summed E-state index contributed by atoms with van der Waals surface area (Å²) >= 11 is 1.39. The Hall–Kier alpha value is -1.47. The lowest BCUT2D eigenvalue weighted by molar-refractivity contribution is -0.132. The third-order valence-corrected chi connectivity index (χ3v) is 4.72. The summed E-state index contributed by atoms with van der Waals surface area (Å²) in [5.41, 5.74) is 0.745. The molecule has 0 radical (unpaired) electrons. The molecular formula is C14H20N4O2S. The molecule has 2 aliphatic rings. The second-order valence-corrected chi connectivity index (χ2v) is 6.63. The summed E-state index contributed by atoms with van der Waals surface area (Å²) in [6.45, 7) is 3.41. The number of piperazine rings is 1. The molecule has 2 amide bonds. The number of thiazole rings is 1. The van der Waals surface area contributed by atoms with Gasteiger partial charge in [-0.3, -0.25) is 9.59 Å². The maximum atomic E-state index is 12.2. The first-order valence-electron chi connectivity index (χ1n) is 7.33. The first kappa shape index (κ1) is 14.5. The largest absolute Gasteiger partial charge is 0.340 e. The fourth-order valence-electron chi connectivity index (χ4n) is 2.32. The number of carbonyl (C=O) groups is 2. The summed E-state index contributed by atoms with van der Waals surface area (Å²) in [6.07, 6.45) is 2.28. The SMILES string of the molecule is CN1CCN(C(=O)Cc2csc(NC(=O)C3CC3)n2)CC1. The van der Waals surface area contributed by atoms with Crippen molar-refractivity contribution in [1.29, 1.82) is 0 Å². The maximum absolute atomic E-state index is 12.2. The van der Waals surface area contributed by atoms with Crippen LogP contribution in [0.2, 0.25) is 0 Å². The van der Waals surface area contributed by atoms with Crippen molar-refractivity contribution >= 4 is 28.3 Å². The molecule has 1 saturated heterocycles. The van der Waals surface area contributed by atoms with Crippen LogP contribution in [0.4, 0.5) is 5.13 Å². The molecule has 1 aromatic heterocycles. The molecule has 0 bridgehead atoms. The van der Waals surface area contributed by atoms with Gasteiger partial charge in [-0.2, -0.15) is 0 Å². The molecule has 21 heavy (non-hydrogen) atoms. The minimum Gasteiger partial charge on any atom is -0.340 e. The number of hydrogen-bond acceptors (Lipinski definition) is 5. The van der Waals surface area contributed by atoms with Crippen molar-refractivity contribution < 1.29 is 9.59 Å². The molecule has 7 heteroatoms. The number of hydrogen-bond donors (Lipinski definition) is 1. The van der Waals surface area contributed by atoms with Crippen LogP contribution in [0.25, 0.3) is 0 Å². The molecule has 1 aromatic rings. The van der Waals surface area contributed by atoms with Crippen LogP contribution in [0, 0.1) is 5.92 Å². The molecular weight excluding hydrogens is 288 g/mol. The Balaban J connectivity index is 1.51. The molecule has 6 nitrogen and oxygen atoms in total. The van der Waals surface area contributed by atoms with Gasteiger partial charge in [0.25, 0.3) is 0 Å². The number of aromatic nitrogens is 1. The van der Waals surface area contributed by atoms with Crippen molar-refractivity contribution in [3.63, 3.8) is 0 Å². The summed E-state index contributed by atoms with van der Waals surface area (Å²) in [4.78, 5) is 32.3. The summed E-state index contributed by atoms with van der Waals surface area (Å²) < 4.78 is 0. The van der Waals surface area contributed by atoms with Gasteiger partial charge < -0.3 is 15.1 Å². The highest BCUT2D eigenvalue weighted by atomic mass is 32.1. The summed E-state index contributed by atoms with van der Waals surface area (Å²) in [5, 5.41) is 5.28. The van der Waals surface area contributed by atoms with E-state index in [1.165, 1.54) is 11.3 Å². The quantitative estimate of drug-likeness (QED) is 0.894. The Morgan fingerprint density at radius 3 is 2.71 bits per heavy atom. The first-order chi connectivity index (χ1) is 10.1. The zero-order chi connectivity index (χ0) is 14.8. The van der Waals surface area contributed by atoms with E-state index in [1.54, 1.807) is 0 Å². The topological polar surface area (TPSA) is 65.5 Å². The van der Waals surface area contributed by atoms with Crippen LogP contribution in [0.15, 0.2) is 5.38 Å². The predicted octanol–water partition coefficient (Wildman–Crippen LogP) is 0.808. The molecule has 0 spiro atoms. The molecule has 1 aliphatic heterocycles. The highest BCUT2D eigenvalue weighted by Crippen LogP contribution is 2.30. The minimum atomic E-state index is 0.0568. The molecule has 1 aliphatic carbocycles. The van der Waals surface area contributed by atoms with Crippen molar-refractivity contribution in [2.45, 2.75) is 19.3 Å². The van der Waals surface area contributed by atoms with Crippen molar-refractivity contribution in [3.05, 3.63) is 11.1 Å². The van der Waals surface area contributed by atoms with E-state index >= 15 is 0 Å². The molecule has 114 valence electrons. The van der Waals surface area contributed by atoms with Crippen LogP contribution in [-0.4, -0.2) is 59.8 Å². The minimum absolute atomic E-state index is 0.0568. The maximum Gasteiger partial charge on any atom is 0.229 e. The van der Waals surface area contributed by atoms with E-state index in [2.05, 4.69) is 22.2 Å². The van der Waals surface area contributed by atoms with E-state index in [0.717, 1.165) is 44.7 Å². The van der Waals surface area contributed by atoms with Gasteiger partial charge in [-0.15, -0.1) is 11.3 Å². The molecule has 1 N–H and O–H groups in total. The highest BCUT2D eigenvalue weighted by molar-refractivity contribution is 7.13. The Bertz CT molecular complexity index is 533. The Morgan fingerprint density at radius 1 is 1.33 bits per heavy atom. The lowest BCUT2D eigenvalue weighted by atomic mass is 10.2. The molecule has 2 heterocycles. The van der Waals surface area contributed by atoms with Gasteiger partial charge in [0.1, 0.15) is 0 Å². The fourth-order valence-corrected chi connectivity index (χ4v) is 3.03. The molecule has 0 atom stereocenters. The van der Waals surface area contributed by atoms with Gasteiger partial charge in [0.05, 0.1) is 12.1 Å². The van der Waals surface area contributed by atoms with Crippen molar-refractivity contribution in [3.8, 4) is 0 Å². The predicted molar refractivity (Wildman–Crippen MR) is 81.2 cm³/mol. The van der Waals surface area contributed by atoms with E-state index in [9.17, 15) is 9.59 Å². The van der Waals surface area contributed by atoms with E-state index in [0.29, 0.717) is 11.6 Å². The van der Waals surface area contributed by atoms with Crippen molar-refractivity contribution in [1.82, 2.24) is 14.8 Å². The Labute approximate surface area is 128 Å². The van der Waals surface area contributed by atoms with E-state index in [1.807, 2.05) is 10.3 Å². The zero-order valence-corrected chi connectivity index (χ0v) is 13.0. The Morgan fingerprint density at radius 2 is 2.05 bits per heavy atom. The van der Waals surface area contributed by atoms with Crippen molar-refractivity contribution in [2.24, 2.45) is 5.92 Å². The third-order valence-electron chi connectivity index (χ3n) is 3.92. The van der Waals surface area contributed by atoms with E-state index in [-0.39, 0.29) is 17.7 Å². The molecule has 3 rings (SSSR count). The second kappa shape index (κ2) is 6.11. The number of amides is 2. The summed E-state index contributed by atoms with van der Waals surface area (Å²) in [5.74, 6) is 0.346. The number of anilines is 1. The third kappa shape index (κ3) is 3.79. The van der Waals surface area contributed by atoms with Crippen LogP contribution in [-0.2, 0) is 16.0 Å². The van der Waals surface area contributed by atoms with E-state index < -0.39 is 0 Å². The average Bonchev–Trinajstić information content (AvgIpc) is 3.23.